The number of ether oxygens (including phenoxy) is 3. The van der Waals surface area contributed by atoms with E-state index in [1.54, 1.807) is 0 Å². The zero-order valence-electron chi connectivity index (χ0n) is 20.1. The molecule has 0 N–H and O–H groups in total. The summed E-state index contributed by atoms with van der Waals surface area (Å²) in [6, 6.07) is -0.204. The minimum Gasteiger partial charge on any atom is -0.429 e. The van der Waals surface area contributed by atoms with Gasteiger partial charge in [-0.3, -0.25) is 0 Å². The van der Waals surface area contributed by atoms with Crippen molar-refractivity contribution in [2.75, 3.05) is 0 Å². The van der Waals surface area contributed by atoms with Crippen LogP contribution in [0.15, 0.2) is 35.9 Å². The lowest BCUT2D eigenvalue weighted by Gasteiger charge is -2.27. The Balaban J connectivity index is 1.79. The number of hydrogen-bond acceptors (Lipinski definition) is 3. The zero-order valence-corrected chi connectivity index (χ0v) is 20.1. The summed E-state index contributed by atoms with van der Waals surface area (Å²) < 4.78 is 163. The first-order valence-electron chi connectivity index (χ1n) is 11.6. The van der Waals surface area contributed by atoms with Gasteiger partial charge in [0.25, 0.3) is 0 Å². The van der Waals surface area contributed by atoms with Crippen molar-refractivity contribution in [3.63, 3.8) is 0 Å². The minimum atomic E-state index is -5.52. The number of alkyl halides is 7. The lowest BCUT2D eigenvalue weighted by molar-refractivity contribution is -0.276. The Bertz CT molecular complexity index is 1160. The first kappa shape index (κ1) is 30.4. The third kappa shape index (κ3) is 7.69. The van der Waals surface area contributed by atoms with E-state index in [1.807, 2.05) is 6.92 Å². The molecule has 1 atom stereocenters. The quantitative estimate of drug-likeness (QED) is 0.208. The summed E-state index contributed by atoms with van der Waals surface area (Å²) in [4.78, 5) is 0. The van der Waals surface area contributed by atoms with Crippen LogP contribution < -0.4 is 14.2 Å². The third-order valence-electron chi connectivity index (χ3n) is 5.85. The van der Waals surface area contributed by atoms with E-state index in [0.29, 0.717) is 12.8 Å². The Morgan fingerprint density at radius 3 is 1.72 bits per heavy atom. The Kier molecular flexibility index (Phi) is 8.95. The van der Waals surface area contributed by atoms with Gasteiger partial charge in [0.2, 0.25) is 5.75 Å². The van der Waals surface area contributed by atoms with Crippen molar-refractivity contribution in [3.8, 4) is 17.2 Å². The molecule has 0 bridgehead atoms. The van der Waals surface area contributed by atoms with Crippen LogP contribution in [0.1, 0.15) is 51.0 Å². The standard InChI is InChI=1S/C25H21F11O3/c1-2-3-4-13-5-7-14(8-6-13)23(30,31)37-15-9-17(26)21(18(27)10-15)24(32,33)38-16-11-19(28)22(20(29)12-16)39-25(34,35)36/h7,9-13H,2-6,8H2,1H3. The van der Waals surface area contributed by atoms with Crippen molar-refractivity contribution in [2.24, 2.45) is 5.92 Å². The van der Waals surface area contributed by atoms with E-state index in [2.05, 4.69) is 14.2 Å². The Morgan fingerprint density at radius 2 is 1.26 bits per heavy atom. The summed E-state index contributed by atoms with van der Waals surface area (Å²) >= 11 is 0. The fourth-order valence-electron chi connectivity index (χ4n) is 4.02. The Labute approximate surface area is 215 Å². The van der Waals surface area contributed by atoms with Gasteiger partial charge in [-0.2, -0.15) is 17.6 Å². The van der Waals surface area contributed by atoms with E-state index in [9.17, 15) is 48.3 Å². The van der Waals surface area contributed by atoms with Gasteiger partial charge >= 0.3 is 18.6 Å². The molecule has 0 fully saturated rings. The average Bonchev–Trinajstić information content (AvgIpc) is 2.78. The summed E-state index contributed by atoms with van der Waals surface area (Å²) in [6.45, 7) is 1.99. The highest BCUT2D eigenvalue weighted by Crippen LogP contribution is 2.41. The molecular weight excluding hydrogens is 557 g/mol. The SMILES string of the molecule is CCCCC1CC=C(C(F)(F)Oc2cc(F)c(C(F)(F)Oc3cc(F)c(OC(F)(F)F)c(F)c3)c(F)c2)CC1. The average molecular weight is 578 g/mol. The van der Waals surface area contributed by atoms with Gasteiger partial charge in [-0.15, -0.1) is 13.2 Å². The molecule has 2 aromatic carbocycles. The molecule has 1 aliphatic rings. The fourth-order valence-corrected chi connectivity index (χ4v) is 4.02. The van der Waals surface area contributed by atoms with Crippen LogP contribution in [0.5, 0.6) is 17.2 Å². The molecule has 0 spiro atoms. The largest absolute Gasteiger partial charge is 0.573 e. The van der Waals surface area contributed by atoms with Crippen molar-refractivity contribution in [1.29, 1.82) is 0 Å². The van der Waals surface area contributed by atoms with Crippen LogP contribution in [0, 0.1) is 29.2 Å². The molecule has 0 radical (unpaired) electrons. The second-order valence-electron chi connectivity index (χ2n) is 8.78. The number of unbranched alkanes of at least 4 members (excludes halogenated alkanes) is 1. The fraction of sp³-hybridized carbons (Fsp3) is 0.440. The molecule has 0 heterocycles. The molecular formula is C25H21F11O3. The highest BCUT2D eigenvalue weighted by Gasteiger charge is 2.44. The molecule has 1 aliphatic carbocycles. The monoisotopic (exact) mass is 578 g/mol. The number of benzene rings is 2. The number of hydrogen-bond donors (Lipinski definition) is 0. The van der Waals surface area contributed by atoms with Gasteiger partial charge in [-0.1, -0.05) is 32.3 Å². The number of allylic oxidation sites excluding steroid dienone is 1. The lowest BCUT2D eigenvalue weighted by Crippen LogP contribution is -2.30. The van der Waals surface area contributed by atoms with Crippen LogP contribution in [-0.4, -0.2) is 12.5 Å². The van der Waals surface area contributed by atoms with Crippen LogP contribution in [0.3, 0.4) is 0 Å². The number of rotatable bonds is 10. The van der Waals surface area contributed by atoms with E-state index in [1.165, 1.54) is 6.08 Å². The predicted octanol–water partition coefficient (Wildman–Crippen LogP) is 9.16. The van der Waals surface area contributed by atoms with Crippen LogP contribution in [0.2, 0.25) is 0 Å². The molecule has 3 rings (SSSR count). The smallest absolute Gasteiger partial charge is 0.429 e. The van der Waals surface area contributed by atoms with Gasteiger partial charge < -0.3 is 14.2 Å². The van der Waals surface area contributed by atoms with Gasteiger partial charge in [0.1, 0.15) is 28.7 Å². The van der Waals surface area contributed by atoms with E-state index < -0.39 is 70.2 Å². The summed E-state index contributed by atoms with van der Waals surface area (Å²) in [5.74, 6) is -12.8. The van der Waals surface area contributed by atoms with Gasteiger partial charge in [0, 0.05) is 29.8 Å². The molecule has 3 nitrogen and oxygen atoms in total. The zero-order chi connectivity index (χ0) is 29.2. The third-order valence-corrected chi connectivity index (χ3v) is 5.85. The maximum atomic E-state index is 14.6. The Morgan fingerprint density at radius 1 is 0.744 bits per heavy atom. The molecule has 0 saturated heterocycles. The maximum Gasteiger partial charge on any atom is 0.573 e. The van der Waals surface area contributed by atoms with E-state index in [4.69, 9.17) is 0 Å². The van der Waals surface area contributed by atoms with Gasteiger partial charge in [0.05, 0.1) is 0 Å². The normalized spacial score (nSPS) is 16.6. The highest BCUT2D eigenvalue weighted by atomic mass is 19.4. The number of halogens is 11. The molecule has 0 saturated carbocycles. The van der Waals surface area contributed by atoms with Crippen LogP contribution in [-0.2, 0) is 6.11 Å². The Hall–Kier alpha value is -3.19. The molecule has 216 valence electrons. The lowest BCUT2D eigenvalue weighted by atomic mass is 9.86. The van der Waals surface area contributed by atoms with Crippen LogP contribution in [0.25, 0.3) is 0 Å². The topological polar surface area (TPSA) is 27.7 Å². The maximum absolute atomic E-state index is 14.6. The van der Waals surface area contributed by atoms with Gasteiger partial charge in [0.15, 0.2) is 11.6 Å². The van der Waals surface area contributed by atoms with E-state index in [0.717, 1.165) is 19.3 Å². The molecule has 1 unspecified atom stereocenters. The van der Waals surface area contributed by atoms with Crippen molar-refractivity contribution in [1.82, 2.24) is 0 Å². The van der Waals surface area contributed by atoms with Crippen LogP contribution in [0.4, 0.5) is 48.3 Å². The van der Waals surface area contributed by atoms with Crippen molar-refractivity contribution < 1.29 is 62.5 Å². The minimum absolute atomic E-state index is 0.0401. The second kappa shape index (κ2) is 11.5. The first-order valence-corrected chi connectivity index (χ1v) is 11.6. The van der Waals surface area contributed by atoms with E-state index >= 15 is 0 Å². The molecule has 0 aromatic heterocycles. The summed E-state index contributed by atoms with van der Waals surface area (Å²) in [5, 5.41) is 0. The highest BCUT2D eigenvalue weighted by molar-refractivity contribution is 5.37. The van der Waals surface area contributed by atoms with Crippen molar-refractivity contribution in [3.05, 3.63) is 64.7 Å². The van der Waals surface area contributed by atoms with E-state index in [-0.39, 0.29) is 36.6 Å². The van der Waals surface area contributed by atoms with Gasteiger partial charge in [-0.25, -0.2) is 17.6 Å². The van der Waals surface area contributed by atoms with Crippen molar-refractivity contribution in [2.45, 2.75) is 64.0 Å². The molecule has 14 heteroatoms. The van der Waals surface area contributed by atoms with Crippen molar-refractivity contribution >= 4 is 0 Å². The molecule has 2 aromatic rings. The first-order chi connectivity index (χ1) is 18.0. The summed E-state index contributed by atoms with van der Waals surface area (Å²) in [7, 11) is 0. The molecule has 0 aliphatic heterocycles. The van der Waals surface area contributed by atoms with Gasteiger partial charge in [-0.05, 0) is 25.2 Å². The predicted molar refractivity (Wildman–Crippen MR) is 114 cm³/mol. The second-order valence-corrected chi connectivity index (χ2v) is 8.78. The van der Waals surface area contributed by atoms with Crippen LogP contribution >= 0.6 is 0 Å². The molecule has 39 heavy (non-hydrogen) atoms. The summed E-state index contributed by atoms with van der Waals surface area (Å²) in [5.41, 5.74) is -2.57. The summed E-state index contributed by atoms with van der Waals surface area (Å²) in [6.07, 6.45) is -9.76. The molecule has 0 amide bonds.